The number of primary amides is 1. The highest BCUT2D eigenvalue weighted by Gasteiger charge is 2.33. The summed E-state index contributed by atoms with van der Waals surface area (Å²) in [5.41, 5.74) is 5.33. The van der Waals surface area contributed by atoms with Crippen molar-refractivity contribution in [2.45, 2.75) is 148 Å². The molecule has 0 aromatic heterocycles. The van der Waals surface area contributed by atoms with E-state index in [1.54, 1.807) is 0 Å². The van der Waals surface area contributed by atoms with Crippen LogP contribution in [0, 0.1) is 0 Å². The summed E-state index contributed by atoms with van der Waals surface area (Å²) in [6, 6.07) is -0.904. The number of rotatable bonds is 27. The Balaban J connectivity index is 0. The highest BCUT2D eigenvalue weighted by Crippen LogP contribution is 2.18. The molecule has 3 N–H and O–H groups in total. The van der Waals surface area contributed by atoms with Crippen LogP contribution in [0.3, 0.4) is 0 Å². The number of unbranched alkanes of at least 4 members (excludes halogenated alkanes) is 15. The van der Waals surface area contributed by atoms with Crippen molar-refractivity contribution in [1.82, 2.24) is 9.62 Å². The molecule has 262 valence electrons. The lowest BCUT2D eigenvalue weighted by molar-refractivity contribution is -0.870. The maximum Gasteiger partial charge on any atom is 0.404 e. The number of sulfonamides is 1. The third-order valence-electron chi connectivity index (χ3n) is 7.73. The molecule has 2 unspecified atom stereocenters. The summed E-state index contributed by atoms with van der Waals surface area (Å²) in [4.78, 5) is 36.2. The van der Waals surface area contributed by atoms with Crippen molar-refractivity contribution in [2.24, 2.45) is 5.73 Å². The lowest BCUT2D eigenvalue weighted by atomic mass is 10.0. The zero-order valence-corrected chi connectivity index (χ0v) is 31.7. The second-order valence-corrected chi connectivity index (χ2v) is 15.1. The fourth-order valence-electron chi connectivity index (χ4n) is 5.35. The second kappa shape index (κ2) is 26.0. The van der Waals surface area contributed by atoms with Gasteiger partial charge < -0.3 is 44.2 Å². The summed E-state index contributed by atoms with van der Waals surface area (Å²) in [5, 5.41) is 2.69. The third kappa shape index (κ3) is 25.1. The first-order valence-corrected chi connectivity index (χ1v) is 18.3. The Morgan fingerprint density at radius 3 is 1.57 bits per heavy atom. The highest BCUT2D eigenvalue weighted by molar-refractivity contribution is 7.89. The van der Waals surface area contributed by atoms with Crippen molar-refractivity contribution >= 4 is 27.9 Å². The SMILES string of the molecule is CCCCCCCCCCCCCCCCCCC(OC(N)=O)C(CN(C(C)=O)S(=O)(=O)CCC[N+](C)(C)C)NC(C)=O.[I-]. The third-order valence-corrected chi connectivity index (χ3v) is 9.61. The van der Waals surface area contributed by atoms with Gasteiger partial charge in [0.25, 0.3) is 0 Å². The Bertz CT molecular complexity index is 882. The van der Waals surface area contributed by atoms with Gasteiger partial charge in [-0.25, -0.2) is 17.5 Å². The van der Waals surface area contributed by atoms with Gasteiger partial charge in [0, 0.05) is 20.3 Å². The molecule has 0 fully saturated rings. The van der Waals surface area contributed by atoms with E-state index in [0.29, 0.717) is 23.9 Å². The maximum absolute atomic E-state index is 13.1. The summed E-state index contributed by atoms with van der Waals surface area (Å²) < 4.78 is 32.9. The van der Waals surface area contributed by atoms with Crippen LogP contribution in [0.25, 0.3) is 0 Å². The minimum Gasteiger partial charge on any atom is -1.00 e. The number of ether oxygens (including phenoxy) is 1. The van der Waals surface area contributed by atoms with Crippen molar-refractivity contribution in [3.8, 4) is 0 Å². The van der Waals surface area contributed by atoms with Crippen LogP contribution in [0.4, 0.5) is 4.79 Å². The first-order valence-electron chi connectivity index (χ1n) is 16.7. The molecule has 0 radical (unpaired) electrons. The molecular formula is C32H65IN4O6S. The van der Waals surface area contributed by atoms with Crippen molar-refractivity contribution in [2.75, 3.05) is 40.0 Å². The number of amides is 3. The Labute approximate surface area is 286 Å². The van der Waals surface area contributed by atoms with Gasteiger partial charge in [-0.1, -0.05) is 103 Å². The van der Waals surface area contributed by atoms with E-state index in [1.807, 2.05) is 21.1 Å². The van der Waals surface area contributed by atoms with Crippen LogP contribution in [0.5, 0.6) is 0 Å². The minimum atomic E-state index is -3.94. The lowest BCUT2D eigenvalue weighted by Gasteiger charge is -2.32. The number of nitrogens with zero attached hydrogens (tertiary/aromatic N) is 2. The molecule has 44 heavy (non-hydrogen) atoms. The van der Waals surface area contributed by atoms with E-state index < -0.39 is 40.1 Å². The average molecular weight is 761 g/mol. The van der Waals surface area contributed by atoms with Crippen LogP contribution in [-0.2, 0) is 24.3 Å². The Kier molecular flexibility index (Phi) is 26.6. The fourth-order valence-corrected chi connectivity index (χ4v) is 6.84. The summed E-state index contributed by atoms with van der Waals surface area (Å²) >= 11 is 0. The van der Waals surface area contributed by atoms with E-state index >= 15 is 0 Å². The lowest BCUT2D eigenvalue weighted by Crippen LogP contribution is -3.00. The largest absolute Gasteiger partial charge is 1.00 e. The van der Waals surface area contributed by atoms with E-state index in [9.17, 15) is 22.8 Å². The number of hydrogen-bond donors (Lipinski definition) is 2. The molecule has 0 heterocycles. The number of halogens is 1. The Hall–Kier alpha value is -1.15. The predicted molar refractivity (Wildman–Crippen MR) is 175 cm³/mol. The first kappa shape index (κ1) is 45.0. The zero-order chi connectivity index (χ0) is 32.7. The van der Waals surface area contributed by atoms with Gasteiger partial charge in [-0.05, 0) is 12.8 Å². The van der Waals surface area contributed by atoms with Crippen molar-refractivity contribution < 1.29 is 56.0 Å². The van der Waals surface area contributed by atoms with E-state index in [4.69, 9.17) is 10.5 Å². The molecule has 0 saturated heterocycles. The predicted octanol–water partition coefficient (Wildman–Crippen LogP) is 2.89. The quantitative estimate of drug-likeness (QED) is 0.0752. The molecule has 0 aromatic rings. The van der Waals surface area contributed by atoms with Gasteiger partial charge in [-0.3, -0.25) is 9.59 Å². The van der Waals surface area contributed by atoms with E-state index in [0.717, 1.165) is 30.0 Å². The van der Waals surface area contributed by atoms with Crippen molar-refractivity contribution in [3.63, 3.8) is 0 Å². The summed E-state index contributed by atoms with van der Waals surface area (Å²) in [6.07, 6.45) is 18.7. The van der Waals surface area contributed by atoms with Gasteiger partial charge >= 0.3 is 6.09 Å². The molecule has 0 aliphatic heterocycles. The smallest absolute Gasteiger partial charge is 0.404 e. The summed E-state index contributed by atoms with van der Waals surface area (Å²) in [6.45, 7) is 5.03. The van der Waals surface area contributed by atoms with Crippen molar-refractivity contribution in [1.29, 1.82) is 0 Å². The molecule has 0 aromatic carbocycles. The Morgan fingerprint density at radius 2 is 1.20 bits per heavy atom. The van der Waals surface area contributed by atoms with Gasteiger partial charge in [0.05, 0.1) is 46.0 Å². The second-order valence-electron chi connectivity index (χ2n) is 13.1. The van der Waals surface area contributed by atoms with Gasteiger partial charge in [-0.15, -0.1) is 0 Å². The monoisotopic (exact) mass is 760 g/mol. The number of carbonyl (C=O) groups is 3. The normalized spacial score (nSPS) is 13.0. The standard InChI is InChI=1S/C32H64N4O6S.HI/c1-7-8-9-10-11-12-13-14-15-16-17-18-19-20-21-22-24-31(42-32(33)39)30(34-28(2)37)27-35(29(3)38)43(40,41)26-23-25-36(4,5)6;/h30-31H,7-27H2,1-6H3,(H2-,33,34,37,39);1H. The van der Waals surface area contributed by atoms with Crippen LogP contribution < -0.4 is 35.0 Å². The van der Waals surface area contributed by atoms with Gasteiger partial charge in [0.15, 0.2) is 0 Å². The highest BCUT2D eigenvalue weighted by atomic mass is 127. The zero-order valence-electron chi connectivity index (χ0n) is 28.7. The molecule has 0 aliphatic rings. The number of carbonyl (C=O) groups excluding carboxylic acids is 3. The summed E-state index contributed by atoms with van der Waals surface area (Å²) in [7, 11) is 1.96. The molecular weight excluding hydrogens is 695 g/mol. The number of nitrogens with two attached hydrogens (primary N) is 1. The molecule has 0 aliphatic carbocycles. The van der Waals surface area contributed by atoms with Crippen molar-refractivity contribution in [3.05, 3.63) is 0 Å². The molecule has 0 saturated carbocycles. The number of hydrogen-bond acceptors (Lipinski definition) is 6. The van der Waals surface area contributed by atoms with Gasteiger partial charge in [-0.2, -0.15) is 0 Å². The topological polar surface area (TPSA) is 136 Å². The Morgan fingerprint density at radius 1 is 0.773 bits per heavy atom. The van der Waals surface area contributed by atoms with Crippen LogP contribution in [0.2, 0.25) is 0 Å². The summed E-state index contributed by atoms with van der Waals surface area (Å²) in [5.74, 6) is -1.27. The minimum absolute atomic E-state index is 0. The van der Waals surface area contributed by atoms with Crippen LogP contribution in [0.1, 0.15) is 136 Å². The van der Waals surface area contributed by atoms with Gasteiger partial charge in [0.2, 0.25) is 21.8 Å². The molecule has 0 spiro atoms. The van der Waals surface area contributed by atoms with E-state index in [2.05, 4.69) is 12.2 Å². The molecule has 3 amide bonds. The fraction of sp³-hybridized carbons (Fsp3) is 0.906. The number of nitrogens with one attached hydrogen (secondary N) is 1. The van der Waals surface area contributed by atoms with Gasteiger partial charge in [0.1, 0.15) is 6.10 Å². The van der Waals surface area contributed by atoms with Crippen LogP contribution in [-0.4, -0.2) is 87.2 Å². The van der Waals surface area contributed by atoms with E-state index in [1.165, 1.54) is 90.9 Å². The first-order chi connectivity index (χ1) is 20.2. The van der Waals surface area contributed by atoms with Crippen LogP contribution in [0.15, 0.2) is 0 Å². The molecule has 0 bridgehead atoms. The molecule has 0 rings (SSSR count). The maximum atomic E-state index is 13.1. The average Bonchev–Trinajstić information content (AvgIpc) is 2.88. The molecule has 10 nitrogen and oxygen atoms in total. The van der Waals surface area contributed by atoms with E-state index in [-0.39, 0.29) is 36.3 Å². The molecule has 2 atom stereocenters. The molecule has 12 heteroatoms. The van der Waals surface area contributed by atoms with Crippen LogP contribution >= 0.6 is 0 Å². The number of quaternary nitrogens is 1.